The first kappa shape index (κ1) is 19.9. The molecule has 1 heterocycles. The molecule has 0 N–H and O–H groups in total. The normalized spacial score (nSPS) is 12.1. The van der Waals surface area contributed by atoms with Crippen molar-refractivity contribution in [2.75, 3.05) is 0 Å². The lowest BCUT2D eigenvalue weighted by molar-refractivity contribution is 0.299. The van der Waals surface area contributed by atoms with Crippen LogP contribution in [0.3, 0.4) is 0 Å². The summed E-state index contributed by atoms with van der Waals surface area (Å²) in [4.78, 5) is 4.23. The van der Waals surface area contributed by atoms with E-state index >= 15 is 0 Å². The number of hydrogen-bond acceptors (Lipinski definition) is 2. The zero-order valence-electron chi connectivity index (χ0n) is 17.2. The topological polar surface area (TPSA) is 27.1 Å². The highest BCUT2D eigenvalue weighted by Gasteiger charge is 2.17. The summed E-state index contributed by atoms with van der Waals surface area (Å²) in [7, 11) is 0. The average Bonchev–Trinajstić information content (AvgIpc) is 3.34. The number of ether oxygens (including phenoxy) is 1. The molecule has 0 aliphatic rings. The third-order valence-electron chi connectivity index (χ3n) is 5.52. The SMILES string of the molecule is Fc1ccc(COc2ccc(C(c3ccc4ccccc4c3)n3ccnc3)cc2)c(F)c1. The zero-order chi connectivity index (χ0) is 21.9. The predicted molar refractivity (Wildman–Crippen MR) is 121 cm³/mol. The predicted octanol–water partition coefficient (Wildman–Crippen LogP) is 6.53. The summed E-state index contributed by atoms with van der Waals surface area (Å²) in [5.74, 6) is -0.603. The molecule has 0 aliphatic carbocycles. The lowest BCUT2D eigenvalue weighted by atomic mass is 9.96. The molecular weight excluding hydrogens is 406 g/mol. The van der Waals surface area contributed by atoms with Crippen LogP contribution in [0.5, 0.6) is 5.75 Å². The summed E-state index contributed by atoms with van der Waals surface area (Å²) in [5.41, 5.74) is 2.52. The fourth-order valence-electron chi connectivity index (χ4n) is 3.88. The molecule has 3 nitrogen and oxygen atoms in total. The molecule has 32 heavy (non-hydrogen) atoms. The van der Waals surface area contributed by atoms with Gasteiger partial charge in [-0.3, -0.25) is 0 Å². The summed E-state index contributed by atoms with van der Waals surface area (Å²) in [6.45, 7) is 0.0289. The van der Waals surface area contributed by atoms with Crippen molar-refractivity contribution in [3.05, 3.63) is 132 Å². The smallest absolute Gasteiger partial charge is 0.132 e. The number of benzene rings is 4. The summed E-state index contributed by atoms with van der Waals surface area (Å²) >= 11 is 0. The van der Waals surface area contributed by atoms with E-state index in [9.17, 15) is 8.78 Å². The van der Waals surface area contributed by atoms with Gasteiger partial charge in [0.25, 0.3) is 0 Å². The van der Waals surface area contributed by atoms with Crippen molar-refractivity contribution in [3.63, 3.8) is 0 Å². The standard InChI is InChI=1S/C27H20F2N2O/c28-24-10-7-23(26(29)16-24)17-32-25-11-8-20(9-12-25)27(31-14-13-30-18-31)22-6-5-19-3-1-2-4-21(19)15-22/h1-16,18,27H,17H2. The minimum absolute atomic E-state index is 0.0289. The maximum absolute atomic E-state index is 13.9. The first-order valence-electron chi connectivity index (χ1n) is 10.3. The van der Waals surface area contributed by atoms with Crippen LogP contribution >= 0.6 is 0 Å². The lowest BCUT2D eigenvalue weighted by Crippen LogP contribution is -2.10. The number of fused-ring (bicyclic) bond motifs is 1. The quantitative estimate of drug-likeness (QED) is 0.309. The molecule has 0 spiro atoms. The molecule has 0 fully saturated rings. The van der Waals surface area contributed by atoms with E-state index in [1.165, 1.54) is 22.9 Å². The van der Waals surface area contributed by atoms with Crippen LogP contribution in [0.1, 0.15) is 22.7 Å². The monoisotopic (exact) mass is 426 g/mol. The lowest BCUT2D eigenvalue weighted by Gasteiger charge is -2.20. The van der Waals surface area contributed by atoms with Gasteiger partial charge >= 0.3 is 0 Å². The van der Waals surface area contributed by atoms with Crippen molar-refractivity contribution < 1.29 is 13.5 Å². The average molecular weight is 426 g/mol. The number of halogens is 2. The highest BCUT2D eigenvalue weighted by Crippen LogP contribution is 2.30. The third kappa shape index (κ3) is 4.10. The molecule has 158 valence electrons. The van der Waals surface area contributed by atoms with E-state index in [4.69, 9.17) is 4.74 Å². The fourth-order valence-corrected chi connectivity index (χ4v) is 3.88. The maximum Gasteiger partial charge on any atom is 0.132 e. The highest BCUT2D eigenvalue weighted by atomic mass is 19.1. The number of imidazole rings is 1. The molecule has 1 unspecified atom stereocenters. The Morgan fingerprint density at radius 1 is 0.812 bits per heavy atom. The molecule has 1 atom stereocenters. The van der Waals surface area contributed by atoms with Gasteiger partial charge in [0.2, 0.25) is 0 Å². The molecule has 0 aliphatic heterocycles. The van der Waals surface area contributed by atoms with Gasteiger partial charge in [0.05, 0.1) is 12.4 Å². The van der Waals surface area contributed by atoms with Crippen LogP contribution in [0.2, 0.25) is 0 Å². The summed E-state index contributed by atoms with van der Waals surface area (Å²) in [6, 6.07) is 25.9. The minimum atomic E-state index is -0.613. The van der Waals surface area contributed by atoms with Gasteiger partial charge in [-0.25, -0.2) is 13.8 Å². The molecule has 0 saturated heterocycles. The van der Waals surface area contributed by atoms with Crippen LogP contribution in [0.15, 0.2) is 104 Å². The Labute approximate surface area is 184 Å². The molecule has 5 aromatic rings. The first-order chi connectivity index (χ1) is 15.7. The van der Waals surface area contributed by atoms with Gasteiger partial charge in [0, 0.05) is 24.0 Å². The molecule has 5 rings (SSSR count). The Morgan fingerprint density at radius 2 is 1.59 bits per heavy atom. The van der Waals surface area contributed by atoms with Crippen LogP contribution in [-0.2, 0) is 6.61 Å². The largest absolute Gasteiger partial charge is 0.489 e. The number of hydrogen-bond donors (Lipinski definition) is 0. The van der Waals surface area contributed by atoms with E-state index in [0.29, 0.717) is 11.3 Å². The van der Waals surface area contributed by atoms with Crippen LogP contribution in [0.4, 0.5) is 8.78 Å². The molecular formula is C27H20F2N2O. The van der Waals surface area contributed by atoms with Crippen molar-refractivity contribution in [2.24, 2.45) is 0 Å². The summed E-state index contributed by atoms with van der Waals surface area (Å²) in [6.07, 6.45) is 5.52. The van der Waals surface area contributed by atoms with Gasteiger partial charge in [-0.2, -0.15) is 0 Å². The van der Waals surface area contributed by atoms with E-state index in [1.54, 1.807) is 6.20 Å². The van der Waals surface area contributed by atoms with Crippen LogP contribution in [0.25, 0.3) is 10.8 Å². The molecule has 5 heteroatoms. The first-order valence-corrected chi connectivity index (χ1v) is 10.3. The van der Waals surface area contributed by atoms with E-state index in [-0.39, 0.29) is 12.6 Å². The van der Waals surface area contributed by atoms with E-state index in [1.807, 2.05) is 48.9 Å². The van der Waals surface area contributed by atoms with Crippen molar-refractivity contribution >= 4 is 10.8 Å². The fraction of sp³-hybridized carbons (Fsp3) is 0.0741. The molecule has 0 saturated carbocycles. The van der Waals surface area contributed by atoms with Gasteiger partial charge in [-0.15, -0.1) is 0 Å². The Bertz CT molecular complexity index is 1350. The Balaban J connectivity index is 1.42. The summed E-state index contributed by atoms with van der Waals surface area (Å²) in [5, 5.41) is 2.37. The molecule has 0 bridgehead atoms. The van der Waals surface area contributed by atoms with Gasteiger partial charge in [-0.05, 0) is 52.2 Å². The summed E-state index contributed by atoms with van der Waals surface area (Å²) < 4.78 is 34.7. The minimum Gasteiger partial charge on any atom is -0.489 e. The molecule has 4 aromatic carbocycles. The molecule has 0 radical (unpaired) electrons. The van der Waals surface area contributed by atoms with E-state index in [2.05, 4.69) is 39.9 Å². The van der Waals surface area contributed by atoms with Gasteiger partial charge in [0.1, 0.15) is 24.0 Å². The number of nitrogens with zero attached hydrogens (tertiary/aromatic N) is 2. The second kappa shape index (κ2) is 8.63. The van der Waals surface area contributed by atoms with Crippen LogP contribution in [-0.4, -0.2) is 9.55 Å². The van der Waals surface area contributed by atoms with Crippen molar-refractivity contribution in [1.29, 1.82) is 0 Å². The highest BCUT2D eigenvalue weighted by molar-refractivity contribution is 5.83. The second-order valence-corrected chi connectivity index (χ2v) is 7.61. The van der Waals surface area contributed by atoms with Gasteiger partial charge in [0.15, 0.2) is 0 Å². The Morgan fingerprint density at radius 3 is 2.34 bits per heavy atom. The number of rotatable bonds is 6. The van der Waals surface area contributed by atoms with Gasteiger partial charge in [-0.1, -0.05) is 48.5 Å². The maximum atomic E-state index is 13.9. The van der Waals surface area contributed by atoms with Crippen molar-refractivity contribution in [3.8, 4) is 5.75 Å². The zero-order valence-corrected chi connectivity index (χ0v) is 17.2. The van der Waals surface area contributed by atoms with Crippen molar-refractivity contribution in [1.82, 2.24) is 9.55 Å². The van der Waals surface area contributed by atoms with Crippen LogP contribution in [0, 0.1) is 11.6 Å². The van der Waals surface area contributed by atoms with Crippen molar-refractivity contribution in [2.45, 2.75) is 12.6 Å². The van der Waals surface area contributed by atoms with E-state index < -0.39 is 11.6 Å². The third-order valence-corrected chi connectivity index (χ3v) is 5.52. The van der Waals surface area contributed by atoms with Crippen LogP contribution < -0.4 is 4.74 Å². The Kier molecular flexibility index (Phi) is 5.38. The van der Waals surface area contributed by atoms with Gasteiger partial charge < -0.3 is 9.30 Å². The van der Waals surface area contributed by atoms with E-state index in [0.717, 1.165) is 17.2 Å². The second-order valence-electron chi connectivity index (χ2n) is 7.61. The molecule has 0 amide bonds. The number of aromatic nitrogens is 2. The molecule has 1 aromatic heterocycles. The Hall–Kier alpha value is -3.99.